The first-order chi connectivity index (χ1) is 14.1. The van der Waals surface area contributed by atoms with Crippen LogP contribution in [0.3, 0.4) is 0 Å². The van der Waals surface area contributed by atoms with Crippen LogP contribution in [0.2, 0.25) is 0 Å². The first-order valence-corrected chi connectivity index (χ1v) is 11.7. The average Bonchev–Trinajstić information content (AvgIpc) is 2.66. The zero-order chi connectivity index (χ0) is 22.1. The lowest BCUT2D eigenvalue weighted by atomic mass is 9.65. The van der Waals surface area contributed by atoms with E-state index in [4.69, 9.17) is 9.47 Å². The van der Waals surface area contributed by atoms with Crippen LogP contribution in [0.5, 0.6) is 0 Å². The molecule has 0 aromatic heterocycles. The topological polar surface area (TPSA) is 76.0 Å². The van der Waals surface area contributed by atoms with E-state index in [0.29, 0.717) is 24.2 Å². The highest BCUT2D eigenvalue weighted by Crippen LogP contribution is 2.45. The van der Waals surface area contributed by atoms with Gasteiger partial charge in [0.1, 0.15) is 6.10 Å². The molecule has 0 saturated carbocycles. The lowest BCUT2D eigenvalue weighted by Crippen LogP contribution is -2.43. The Labute approximate surface area is 181 Å². The van der Waals surface area contributed by atoms with Crippen LogP contribution in [0.4, 0.5) is 0 Å². The molecule has 5 nitrogen and oxygen atoms in total. The van der Waals surface area contributed by atoms with E-state index in [0.717, 1.165) is 25.7 Å². The molecule has 30 heavy (non-hydrogen) atoms. The molecule has 1 fully saturated rings. The molecule has 1 heterocycles. The summed E-state index contributed by atoms with van der Waals surface area (Å²) in [7, 11) is 0. The minimum Gasteiger partial charge on any atom is -0.461 e. The van der Waals surface area contributed by atoms with Gasteiger partial charge in [-0.3, -0.25) is 4.79 Å². The fourth-order valence-electron chi connectivity index (χ4n) is 5.19. The van der Waals surface area contributed by atoms with Gasteiger partial charge in [-0.1, -0.05) is 39.0 Å². The van der Waals surface area contributed by atoms with Crippen molar-refractivity contribution in [3.05, 3.63) is 23.8 Å². The molecule has 0 radical (unpaired) electrons. The summed E-state index contributed by atoms with van der Waals surface area (Å²) in [4.78, 5) is 12.9. The predicted molar refractivity (Wildman–Crippen MR) is 116 cm³/mol. The largest absolute Gasteiger partial charge is 0.461 e. The SMILES string of the molecule is CCC(C)(C)C(=O)O[C@@H]1C[C@H](C)C=C2C=C[C@@H](C)[C@@H](CC[C@@H]3C[C@@H](O)C[C@@H](O)O3)[C@@H]21. The van der Waals surface area contributed by atoms with Crippen molar-refractivity contribution < 1.29 is 24.5 Å². The summed E-state index contributed by atoms with van der Waals surface area (Å²) in [5.74, 6) is 1.18. The molecule has 2 aliphatic carbocycles. The molecule has 5 heteroatoms. The highest BCUT2D eigenvalue weighted by atomic mass is 16.6. The normalized spacial score (nSPS) is 39.2. The number of hydrogen-bond acceptors (Lipinski definition) is 5. The number of esters is 1. The van der Waals surface area contributed by atoms with Crippen LogP contribution in [-0.2, 0) is 14.3 Å². The first-order valence-electron chi connectivity index (χ1n) is 11.7. The minimum atomic E-state index is -0.876. The minimum absolute atomic E-state index is 0.105. The summed E-state index contributed by atoms with van der Waals surface area (Å²) in [6.07, 6.45) is 9.38. The third kappa shape index (κ3) is 5.35. The Hall–Kier alpha value is -1.17. The van der Waals surface area contributed by atoms with Gasteiger partial charge in [0, 0.05) is 12.3 Å². The maximum absolute atomic E-state index is 12.9. The van der Waals surface area contributed by atoms with Gasteiger partial charge in [0.05, 0.1) is 17.6 Å². The molecule has 0 aromatic carbocycles. The van der Waals surface area contributed by atoms with E-state index in [9.17, 15) is 15.0 Å². The molecule has 0 bridgehead atoms. The molecule has 1 saturated heterocycles. The fourth-order valence-corrected chi connectivity index (χ4v) is 5.19. The molecule has 2 N–H and O–H groups in total. The summed E-state index contributed by atoms with van der Waals surface area (Å²) in [5.41, 5.74) is 0.812. The van der Waals surface area contributed by atoms with Crippen LogP contribution >= 0.6 is 0 Å². The zero-order valence-corrected chi connectivity index (χ0v) is 19.2. The van der Waals surface area contributed by atoms with Gasteiger partial charge in [-0.2, -0.15) is 0 Å². The molecule has 3 aliphatic rings. The van der Waals surface area contributed by atoms with E-state index in [2.05, 4.69) is 32.1 Å². The van der Waals surface area contributed by atoms with E-state index in [-0.39, 0.29) is 30.5 Å². The number of rotatable bonds is 6. The Morgan fingerprint density at radius 2 is 1.93 bits per heavy atom. The Kier molecular flexibility index (Phi) is 7.47. The van der Waals surface area contributed by atoms with E-state index >= 15 is 0 Å². The Morgan fingerprint density at radius 1 is 1.20 bits per heavy atom. The van der Waals surface area contributed by atoms with Crippen molar-refractivity contribution in [3.8, 4) is 0 Å². The molecular weight excluding hydrogens is 380 g/mol. The van der Waals surface area contributed by atoms with Gasteiger partial charge in [0.15, 0.2) is 6.29 Å². The number of fused-ring (bicyclic) bond motifs is 1. The Bertz CT molecular complexity index is 656. The van der Waals surface area contributed by atoms with Gasteiger partial charge in [0.25, 0.3) is 0 Å². The second-order valence-electron chi connectivity index (χ2n) is 10.4. The second kappa shape index (κ2) is 9.54. The first kappa shape index (κ1) is 23.5. The number of carbonyl (C=O) groups is 1. The second-order valence-corrected chi connectivity index (χ2v) is 10.4. The Morgan fingerprint density at radius 3 is 2.60 bits per heavy atom. The molecule has 1 aliphatic heterocycles. The number of allylic oxidation sites excluding steroid dienone is 3. The maximum atomic E-state index is 12.9. The van der Waals surface area contributed by atoms with Crippen molar-refractivity contribution in [2.24, 2.45) is 29.1 Å². The number of carbonyl (C=O) groups excluding carboxylic acids is 1. The quantitative estimate of drug-likeness (QED) is 0.624. The van der Waals surface area contributed by atoms with Crippen molar-refractivity contribution >= 4 is 5.97 Å². The standard InChI is InChI=1S/C25H40O5/c1-6-25(4,5)24(28)30-21-12-15(2)11-17-8-7-16(3)20(23(17)21)10-9-19-13-18(26)14-22(27)29-19/h7-8,11,15-16,18-23,26-27H,6,9-10,12-14H2,1-5H3/t15-,16-,18-,19-,20-,21-,22+,23-/m1/s1. The number of ether oxygens (including phenoxy) is 2. The molecule has 0 unspecified atom stereocenters. The molecule has 0 aromatic rings. The molecule has 0 spiro atoms. The average molecular weight is 421 g/mol. The third-order valence-corrected chi connectivity index (χ3v) is 7.47. The summed E-state index contributed by atoms with van der Waals surface area (Å²) >= 11 is 0. The summed E-state index contributed by atoms with van der Waals surface area (Å²) in [6.45, 7) is 10.4. The lowest BCUT2D eigenvalue weighted by molar-refractivity contribution is -0.191. The maximum Gasteiger partial charge on any atom is 0.311 e. The van der Waals surface area contributed by atoms with Gasteiger partial charge < -0.3 is 19.7 Å². The summed E-state index contributed by atoms with van der Waals surface area (Å²) in [5, 5.41) is 19.8. The highest BCUT2D eigenvalue weighted by molar-refractivity contribution is 5.76. The van der Waals surface area contributed by atoms with Crippen LogP contribution in [0, 0.1) is 29.1 Å². The van der Waals surface area contributed by atoms with Gasteiger partial charge in [-0.25, -0.2) is 0 Å². The number of hydrogen-bond donors (Lipinski definition) is 2. The Balaban J connectivity index is 1.75. The van der Waals surface area contributed by atoms with Crippen LogP contribution in [0.15, 0.2) is 23.8 Å². The van der Waals surface area contributed by atoms with Gasteiger partial charge in [-0.05, 0) is 69.3 Å². The summed E-state index contributed by atoms with van der Waals surface area (Å²) in [6, 6.07) is 0. The monoisotopic (exact) mass is 420 g/mol. The molecular formula is C25H40O5. The van der Waals surface area contributed by atoms with Gasteiger partial charge >= 0.3 is 5.97 Å². The van der Waals surface area contributed by atoms with Crippen molar-refractivity contribution in [2.45, 2.75) is 97.7 Å². The smallest absolute Gasteiger partial charge is 0.311 e. The fraction of sp³-hybridized carbons (Fsp3) is 0.800. The molecule has 0 amide bonds. The molecule has 8 atom stereocenters. The highest BCUT2D eigenvalue weighted by Gasteiger charge is 2.43. The number of aliphatic hydroxyl groups is 2. The predicted octanol–water partition coefficient (Wildman–Crippen LogP) is 4.38. The van der Waals surface area contributed by atoms with Crippen molar-refractivity contribution in [1.82, 2.24) is 0 Å². The molecule has 3 rings (SSSR count). The zero-order valence-electron chi connectivity index (χ0n) is 19.2. The number of aliphatic hydroxyl groups excluding tert-OH is 2. The van der Waals surface area contributed by atoms with Crippen molar-refractivity contribution in [1.29, 1.82) is 0 Å². The lowest BCUT2D eigenvalue weighted by Gasteiger charge is -2.44. The van der Waals surface area contributed by atoms with Gasteiger partial charge in [0.2, 0.25) is 0 Å². The van der Waals surface area contributed by atoms with Crippen molar-refractivity contribution in [2.75, 3.05) is 0 Å². The van der Waals surface area contributed by atoms with Gasteiger partial charge in [-0.15, -0.1) is 0 Å². The summed E-state index contributed by atoms with van der Waals surface area (Å²) < 4.78 is 11.8. The van der Waals surface area contributed by atoms with E-state index < -0.39 is 17.8 Å². The van der Waals surface area contributed by atoms with E-state index in [1.807, 2.05) is 20.8 Å². The van der Waals surface area contributed by atoms with Crippen LogP contribution in [0.1, 0.15) is 73.1 Å². The van der Waals surface area contributed by atoms with E-state index in [1.54, 1.807) is 0 Å². The van der Waals surface area contributed by atoms with Crippen LogP contribution in [-0.4, -0.2) is 40.8 Å². The van der Waals surface area contributed by atoms with Crippen LogP contribution in [0.25, 0.3) is 0 Å². The third-order valence-electron chi connectivity index (χ3n) is 7.47. The van der Waals surface area contributed by atoms with E-state index in [1.165, 1.54) is 5.57 Å². The molecule has 170 valence electrons. The van der Waals surface area contributed by atoms with Crippen molar-refractivity contribution in [3.63, 3.8) is 0 Å². The van der Waals surface area contributed by atoms with Crippen LogP contribution < -0.4 is 0 Å².